The summed E-state index contributed by atoms with van der Waals surface area (Å²) in [5.74, 6) is -0.112. The second kappa shape index (κ2) is 8.25. The number of aromatic nitrogens is 2. The van der Waals surface area contributed by atoms with Gasteiger partial charge in [0, 0.05) is 37.1 Å². The summed E-state index contributed by atoms with van der Waals surface area (Å²) in [5.41, 5.74) is 1.83. The van der Waals surface area contributed by atoms with Crippen LogP contribution in [0, 0.1) is 6.92 Å². The zero-order chi connectivity index (χ0) is 18.5. The van der Waals surface area contributed by atoms with Crippen molar-refractivity contribution in [2.24, 2.45) is 0 Å². The first-order valence-electron chi connectivity index (χ1n) is 8.41. The number of carbonyl (C=O) groups is 1. The largest absolute Gasteiger partial charge is 0.383 e. The second-order valence-electron chi connectivity index (χ2n) is 5.92. The van der Waals surface area contributed by atoms with E-state index in [4.69, 9.17) is 4.74 Å². The number of rotatable bonds is 7. The van der Waals surface area contributed by atoms with Crippen LogP contribution in [0.2, 0.25) is 0 Å². The molecule has 26 heavy (non-hydrogen) atoms. The summed E-state index contributed by atoms with van der Waals surface area (Å²) in [5, 5.41) is 3.38. The number of hydrogen-bond donors (Lipinski definition) is 1. The molecule has 7 heteroatoms. The highest BCUT2D eigenvalue weighted by atomic mass is 32.1. The Bertz CT molecular complexity index is 963. The average Bonchev–Trinajstić information content (AvgIpc) is 2.99. The van der Waals surface area contributed by atoms with E-state index < -0.39 is 0 Å². The molecular formula is C19H21N3O3S. The predicted molar refractivity (Wildman–Crippen MR) is 104 cm³/mol. The fourth-order valence-electron chi connectivity index (χ4n) is 2.85. The van der Waals surface area contributed by atoms with Crippen molar-refractivity contribution in [2.75, 3.05) is 20.3 Å². The lowest BCUT2D eigenvalue weighted by Gasteiger charge is -2.07. The van der Waals surface area contributed by atoms with Crippen molar-refractivity contribution in [3.8, 4) is 11.1 Å². The molecule has 0 saturated carbocycles. The van der Waals surface area contributed by atoms with Gasteiger partial charge in [0.25, 0.3) is 5.56 Å². The minimum atomic E-state index is -0.112. The molecule has 0 unspecified atom stereocenters. The van der Waals surface area contributed by atoms with Crippen molar-refractivity contribution in [1.29, 1.82) is 0 Å². The molecule has 1 aromatic carbocycles. The Morgan fingerprint density at radius 3 is 2.81 bits per heavy atom. The molecule has 2 aromatic heterocycles. The SMILES string of the molecule is COCCNC(=O)CCn1cnc2sc(C)c(-c3ccccc3)c2c1=O. The average molecular weight is 371 g/mol. The van der Waals surface area contributed by atoms with Crippen LogP contribution < -0.4 is 10.9 Å². The monoisotopic (exact) mass is 371 g/mol. The van der Waals surface area contributed by atoms with Crippen molar-refractivity contribution in [2.45, 2.75) is 19.9 Å². The van der Waals surface area contributed by atoms with Gasteiger partial charge in [-0.3, -0.25) is 14.2 Å². The van der Waals surface area contributed by atoms with Crippen LogP contribution in [-0.4, -0.2) is 35.7 Å². The third-order valence-corrected chi connectivity index (χ3v) is 5.14. The van der Waals surface area contributed by atoms with Crippen molar-refractivity contribution < 1.29 is 9.53 Å². The number of carbonyl (C=O) groups excluding carboxylic acids is 1. The summed E-state index contributed by atoms with van der Waals surface area (Å²) < 4.78 is 6.41. The van der Waals surface area contributed by atoms with Gasteiger partial charge in [-0.05, 0) is 12.5 Å². The van der Waals surface area contributed by atoms with E-state index in [2.05, 4.69) is 10.3 Å². The van der Waals surface area contributed by atoms with Crippen LogP contribution in [0.25, 0.3) is 21.3 Å². The molecule has 1 amide bonds. The topological polar surface area (TPSA) is 73.2 Å². The highest BCUT2D eigenvalue weighted by Gasteiger charge is 2.17. The highest BCUT2D eigenvalue weighted by molar-refractivity contribution is 7.19. The van der Waals surface area contributed by atoms with Gasteiger partial charge in [0.05, 0.1) is 18.3 Å². The number of ether oxygens (including phenoxy) is 1. The van der Waals surface area contributed by atoms with Crippen LogP contribution in [-0.2, 0) is 16.1 Å². The van der Waals surface area contributed by atoms with E-state index in [9.17, 15) is 9.59 Å². The standard InChI is InChI=1S/C19H21N3O3S/c1-13-16(14-6-4-3-5-7-14)17-18(26-13)21-12-22(19(17)24)10-8-15(23)20-9-11-25-2/h3-7,12H,8-11H2,1-2H3,(H,20,23). The maximum absolute atomic E-state index is 13.0. The molecule has 0 saturated heterocycles. The molecule has 0 spiro atoms. The fraction of sp³-hybridized carbons (Fsp3) is 0.316. The Kier molecular flexibility index (Phi) is 5.80. The molecule has 3 aromatic rings. The number of hydrogen-bond acceptors (Lipinski definition) is 5. The van der Waals surface area contributed by atoms with E-state index in [1.807, 2.05) is 37.3 Å². The summed E-state index contributed by atoms with van der Waals surface area (Å²) in [6.07, 6.45) is 1.75. The molecule has 0 aliphatic heterocycles. The Labute approximate surface area is 155 Å². The fourth-order valence-corrected chi connectivity index (χ4v) is 3.86. The Hall–Kier alpha value is -2.51. The zero-order valence-corrected chi connectivity index (χ0v) is 15.6. The molecule has 3 rings (SSSR count). The van der Waals surface area contributed by atoms with Crippen LogP contribution in [0.15, 0.2) is 41.5 Å². The molecule has 136 valence electrons. The Morgan fingerprint density at radius 2 is 2.08 bits per heavy atom. The molecule has 0 bridgehead atoms. The number of benzene rings is 1. The van der Waals surface area contributed by atoms with Gasteiger partial charge in [0.15, 0.2) is 0 Å². The van der Waals surface area contributed by atoms with Crippen molar-refractivity contribution in [1.82, 2.24) is 14.9 Å². The number of fused-ring (bicyclic) bond motifs is 1. The predicted octanol–water partition coefficient (Wildman–Crippen LogP) is 2.59. The summed E-state index contributed by atoms with van der Waals surface area (Å²) in [4.78, 5) is 31.1. The number of aryl methyl sites for hydroxylation is 2. The number of methoxy groups -OCH3 is 1. The van der Waals surface area contributed by atoms with Crippen LogP contribution in [0.3, 0.4) is 0 Å². The van der Waals surface area contributed by atoms with Gasteiger partial charge in [-0.25, -0.2) is 4.98 Å². The summed E-state index contributed by atoms with van der Waals surface area (Å²) in [6, 6.07) is 9.85. The number of amides is 1. The molecule has 0 atom stereocenters. The number of thiophene rings is 1. The van der Waals surface area contributed by atoms with Crippen LogP contribution in [0.1, 0.15) is 11.3 Å². The minimum Gasteiger partial charge on any atom is -0.383 e. The van der Waals surface area contributed by atoms with Crippen LogP contribution in [0.4, 0.5) is 0 Å². The van der Waals surface area contributed by atoms with Crippen LogP contribution in [0.5, 0.6) is 0 Å². The van der Waals surface area contributed by atoms with E-state index in [0.717, 1.165) is 20.8 Å². The van der Waals surface area contributed by atoms with Crippen molar-refractivity contribution in [3.05, 3.63) is 51.9 Å². The lowest BCUT2D eigenvalue weighted by Crippen LogP contribution is -2.29. The van der Waals surface area contributed by atoms with E-state index in [0.29, 0.717) is 25.1 Å². The zero-order valence-electron chi connectivity index (χ0n) is 14.8. The third kappa shape index (κ3) is 3.84. The number of nitrogens with zero attached hydrogens (tertiary/aromatic N) is 2. The molecule has 0 aliphatic rings. The molecule has 1 N–H and O–H groups in total. The van der Waals surface area contributed by atoms with E-state index in [-0.39, 0.29) is 17.9 Å². The quantitative estimate of drug-likeness (QED) is 0.648. The molecule has 0 radical (unpaired) electrons. The molecular weight excluding hydrogens is 350 g/mol. The van der Waals surface area contributed by atoms with Crippen molar-refractivity contribution in [3.63, 3.8) is 0 Å². The highest BCUT2D eigenvalue weighted by Crippen LogP contribution is 2.35. The normalized spacial score (nSPS) is 11.0. The van der Waals surface area contributed by atoms with Crippen LogP contribution >= 0.6 is 11.3 Å². The maximum Gasteiger partial charge on any atom is 0.262 e. The second-order valence-corrected chi connectivity index (χ2v) is 7.12. The van der Waals surface area contributed by atoms with Gasteiger partial charge >= 0.3 is 0 Å². The van der Waals surface area contributed by atoms with E-state index in [1.165, 1.54) is 22.2 Å². The first-order chi connectivity index (χ1) is 12.6. The lowest BCUT2D eigenvalue weighted by atomic mass is 10.0. The summed E-state index contributed by atoms with van der Waals surface area (Å²) in [7, 11) is 1.58. The third-order valence-electron chi connectivity index (χ3n) is 4.13. The van der Waals surface area contributed by atoms with Gasteiger partial charge in [-0.15, -0.1) is 11.3 Å². The smallest absolute Gasteiger partial charge is 0.262 e. The van der Waals surface area contributed by atoms with Gasteiger partial charge in [-0.2, -0.15) is 0 Å². The maximum atomic E-state index is 13.0. The first kappa shape index (κ1) is 18.3. The lowest BCUT2D eigenvalue weighted by molar-refractivity contribution is -0.121. The Morgan fingerprint density at radius 1 is 1.31 bits per heavy atom. The first-order valence-corrected chi connectivity index (χ1v) is 9.23. The molecule has 0 aliphatic carbocycles. The van der Waals surface area contributed by atoms with Gasteiger partial charge in [-0.1, -0.05) is 30.3 Å². The Balaban J connectivity index is 1.89. The number of nitrogens with one attached hydrogen (secondary N) is 1. The minimum absolute atomic E-state index is 0.108. The summed E-state index contributed by atoms with van der Waals surface area (Å²) >= 11 is 1.52. The molecule has 2 heterocycles. The van der Waals surface area contributed by atoms with E-state index >= 15 is 0 Å². The van der Waals surface area contributed by atoms with Crippen molar-refractivity contribution >= 4 is 27.5 Å². The van der Waals surface area contributed by atoms with E-state index in [1.54, 1.807) is 7.11 Å². The summed E-state index contributed by atoms with van der Waals surface area (Å²) in [6.45, 7) is 3.22. The molecule has 6 nitrogen and oxygen atoms in total. The van der Waals surface area contributed by atoms with Gasteiger partial charge in [0.1, 0.15) is 4.83 Å². The van der Waals surface area contributed by atoms with Gasteiger partial charge < -0.3 is 10.1 Å². The van der Waals surface area contributed by atoms with Gasteiger partial charge in [0.2, 0.25) is 5.91 Å². The molecule has 0 fully saturated rings.